The van der Waals surface area contributed by atoms with E-state index in [4.69, 9.17) is 9.47 Å². The predicted molar refractivity (Wildman–Crippen MR) is 141 cm³/mol. The molecule has 0 heterocycles. The number of anilines is 1. The number of carboxylic acid groups (broad SMARTS) is 1. The fourth-order valence-electron chi connectivity index (χ4n) is 3.49. The summed E-state index contributed by atoms with van der Waals surface area (Å²) in [5, 5.41) is 12.1. The van der Waals surface area contributed by atoms with E-state index in [0.29, 0.717) is 22.7 Å². The zero-order chi connectivity index (χ0) is 27.7. The number of nitrogens with one attached hydrogen (secondary N) is 1. The molecule has 0 saturated carbocycles. The Morgan fingerprint density at radius 2 is 1.42 bits per heavy atom. The van der Waals surface area contributed by atoms with Gasteiger partial charge in [0.2, 0.25) is 5.91 Å². The smallest absolute Gasteiger partial charge is 0.323 e. The van der Waals surface area contributed by atoms with Crippen molar-refractivity contribution >= 4 is 29.4 Å². The van der Waals surface area contributed by atoms with Gasteiger partial charge in [-0.2, -0.15) is 0 Å². The van der Waals surface area contributed by atoms with Crippen molar-refractivity contribution in [2.24, 2.45) is 5.92 Å². The first kappa shape index (κ1) is 27.9. The average Bonchev–Trinajstić information content (AvgIpc) is 2.89. The highest BCUT2D eigenvalue weighted by atomic mass is 16.5. The summed E-state index contributed by atoms with van der Waals surface area (Å²) in [6.45, 7) is 3.01. The number of methoxy groups -OCH3 is 1. The largest absolute Gasteiger partial charge is 0.497 e. The lowest BCUT2D eigenvalue weighted by molar-refractivity contribution is -0.138. The van der Waals surface area contributed by atoms with E-state index in [1.807, 2.05) is 12.1 Å². The Balaban J connectivity index is 1.63. The molecule has 0 fully saturated rings. The van der Waals surface area contributed by atoms with E-state index in [2.05, 4.69) is 5.32 Å². The molecule has 0 aromatic heterocycles. The second-order valence-corrected chi connectivity index (χ2v) is 8.93. The number of hydrogen-bond acceptors (Lipinski definition) is 6. The maximum Gasteiger partial charge on any atom is 0.323 e. The van der Waals surface area contributed by atoms with Crippen LogP contribution in [0, 0.1) is 5.92 Å². The molecule has 0 radical (unpaired) electrons. The molecule has 0 aliphatic rings. The zero-order valence-corrected chi connectivity index (χ0v) is 21.5. The van der Waals surface area contributed by atoms with Gasteiger partial charge < -0.3 is 24.8 Å². The molecule has 9 nitrogen and oxygen atoms in total. The molecular weight excluding hydrogens is 488 g/mol. The molecule has 9 heteroatoms. The number of hydrogen-bond donors (Lipinski definition) is 2. The van der Waals surface area contributed by atoms with Crippen LogP contribution in [-0.4, -0.2) is 47.4 Å². The zero-order valence-electron chi connectivity index (χ0n) is 21.5. The Bertz CT molecular complexity index is 1270. The maximum absolute atomic E-state index is 13.1. The van der Waals surface area contributed by atoms with E-state index >= 15 is 0 Å². The van der Waals surface area contributed by atoms with Gasteiger partial charge in [0.25, 0.3) is 5.91 Å². The third kappa shape index (κ3) is 8.19. The molecule has 0 bridgehead atoms. The highest BCUT2D eigenvalue weighted by Gasteiger charge is 2.19. The Hall–Kier alpha value is -4.66. The minimum atomic E-state index is -1.15. The number of amides is 2. The van der Waals surface area contributed by atoms with Crippen LogP contribution in [0.25, 0.3) is 0 Å². The molecule has 0 unspecified atom stereocenters. The summed E-state index contributed by atoms with van der Waals surface area (Å²) in [5.74, 6) is -1.40. The quantitative estimate of drug-likeness (QED) is 0.289. The first-order valence-electron chi connectivity index (χ1n) is 12.0. The van der Waals surface area contributed by atoms with Crippen LogP contribution < -0.4 is 14.8 Å². The van der Waals surface area contributed by atoms with Crippen LogP contribution in [0.5, 0.6) is 11.5 Å². The van der Waals surface area contributed by atoms with Crippen LogP contribution in [-0.2, 0) is 27.3 Å². The standard InChI is InChI=1S/C29H30N2O7/c1-19(2)29(36)38-25-14-6-21(7-15-25)17-31(18-27(33)34)28(35)22-8-10-23(11-9-22)30-26(32)16-20-4-12-24(37-3)13-5-20/h4-15,19H,16-18H2,1-3H3,(H,30,32)(H,33,34). The number of ether oxygens (including phenoxy) is 2. The summed E-state index contributed by atoms with van der Waals surface area (Å²) in [6.07, 6.45) is 0.173. The number of carboxylic acids is 1. The summed E-state index contributed by atoms with van der Waals surface area (Å²) in [5.41, 5.74) is 2.29. The van der Waals surface area contributed by atoms with Gasteiger partial charge in [-0.3, -0.25) is 19.2 Å². The van der Waals surface area contributed by atoms with Crippen molar-refractivity contribution in [1.82, 2.24) is 4.90 Å². The van der Waals surface area contributed by atoms with Crippen molar-refractivity contribution in [3.05, 3.63) is 89.5 Å². The SMILES string of the molecule is COc1ccc(CC(=O)Nc2ccc(C(=O)N(CC(=O)O)Cc3ccc(OC(=O)C(C)C)cc3)cc2)cc1. The lowest BCUT2D eigenvalue weighted by Gasteiger charge is -2.21. The second kappa shape index (κ2) is 13.0. The van der Waals surface area contributed by atoms with E-state index in [0.717, 1.165) is 5.56 Å². The van der Waals surface area contributed by atoms with Gasteiger partial charge in [0.15, 0.2) is 0 Å². The lowest BCUT2D eigenvalue weighted by Crippen LogP contribution is -2.35. The van der Waals surface area contributed by atoms with Gasteiger partial charge in [0.05, 0.1) is 19.4 Å². The first-order chi connectivity index (χ1) is 18.1. The summed E-state index contributed by atoms with van der Waals surface area (Å²) < 4.78 is 10.4. The summed E-state index contributed by atoms with van der Waals surface area (Å²) >= 11 is 0. The van der Waals surface area contributed by atoms with Crippen LogP contribution in [0.1, 0.15) is 35.3 Å². The highest BCUT2D eigenvalue weighted by molar-refractivity contribution is 5.97. The normalized spacial score (nSPS) is 10.5. The van der Waals surface area contributed by atoms with E-state index in [1.165, 1.54) is 17.0 Å². The third-order valence-electron chi connectivity index (χ3n) is 5.54. The summed E-state index contributed by atoms with van der Waals surface area (Å²) in [7, 11) is 1.57. The van der Waals surface area contributed by atoms with Gasteiger partial charge in [-0.1, -0.05) is 38.1 Å². The van der Waals surface area contributed by atoms with Gasteiger partial charge in [0, 0.05) is 17.8 Å². The molecule has 0 aliphatic heterocycles. The maximum atomic E-state index is 13.1. The fourth-order valence-corrected chi connectivity index (χ4v) is 3.49. The molecule has 2 N–H and O–H groups in total. The number of esters is 1. The van der Waals surface area contributed by atoms with E-state index in [-0.39, 0.29) is 36.3 Å². The molecular formula is C29H30N2O7. The van der Waals surface area contributed by atoms with E-state index in [9.17, 15) is 24.3 Å². The van der Waals surface area contributed by atoms with E-state index < -0.39 is 18.4 Å². The van der Waals surface area contributed by atoms with Crippen LogP contribution >= 0.6 is 0 Å². The van der Waals surface area contributed by atoms with Crippen LogP contribution in [0.3, 0.4) is 0 Å². The van der Waals surface area contributed by atoms with Gasteiger partial charge in [0.1, 0.15) is 18.0 Å². The molecule has 198 valence electrons. The number of rotatable bonds is 11. The van der Waals surface area contributed by atoms with Crippen LogP contribution in [0.2, 0.25) is 0 Å². The van der Waals surface area contributed by atoms with Crippen molar-refractivity contribution in [3.63, 3.8) is 0 Å². The lowest BCUT2D eigenvalue weighted by atomic mass is 10.1. The fraction of sp³-hybridized carbons (Fsp3) is 0.241. The van der Waals surface area contributed by atoms with Gasteiger partial charge in [-0.05, 0) is 59.7 Å². The molecule has 0 spiro atoms. The first-order valence-corrected chi connectivity index (χ1v) is 12.0. The van der Waals surface area contributed by atoms with Gasteiger partial charge >= 0.3 is 11.9 Å². The highest BCUT2D eigenvalue weighted by Crippen LogP contribution is 2.18. The van der Waals surface area contributed by atoms with Crippen molar-refractivity contribution in [1.29, 1.82) is 0 Å². The molecule has 3 rings (SSSR count). The Morgan fingerprint density at radius 1 is 0.842 bits per heavy atom. The minimum Gasteiger partial charge on any atom is -0.497 e. The third-order valence-corrected chi connectivity index (χ3v) is 5.54. The predicted octanol–water partition coefficient (Wildman–Crippen LogP) is 4.16. The van der Waals surface area contributed by atoms with Crippen molar-refractivity contribution in [2.45, 2.75) is 26.8 Å². The molecule has 0 aliphatic carbocycles. The van der Waals surface area contributed by atoms with Crippen molar-refractivity contribution < 1.29 is 33.8 Å². The molecule has 0 saturated heterocycles. The van der Waals surface area contributed by atoms with Crippen LogP contribution in [0.15, 0.2) is 72.8 Å². The summed E-state index contributed by atoms with van der Waals surface area (Å²) in [4.78, 5) is 49.9. The second-order valence-electron chi connectivity index (χ2n) is 8.93. The number of carbonyl (C=O) groups is 4. The van der Waals surface area contributed by atoms with Crippen LogP contribution in [0.4, 0.5) is 5.69 Å². The van der Waals surface area contributed by atoms with Crippen molar-refractivity contribution in [3.8, 4) is 11.5 Å². The Labute approximate surface area is 221 Å². The molecule has 2 amide bonds. The molecule has 0 atom stereocenters. The number of aliphatic carboxylic acids is 1. The number of nitrogens with zero attached hydrogens (tertiary/aromatic N) is 1. The Morgan fingerprint density at radius 3 is 1.97 bits per heavy atom. The molecule has 3 aromatic carbocycles. The number of carbonyl (C=O) groups excluding carboxylic acids is 3. The number of benzene rings is 3. The van der Waals surface area contributed by atoms with Gasteiger partial charge in [-0.25, -0.2) is 0 Å². The van der Waals surface area contributed by atoms with Crippen molar-refractivity contribution in [2.75, 3.05) is 19.0 Å². The molecule has 38 heavy (non-hydrogen) atoms. The van der Waals surface area contributed by atoms with E-state index in [1.54, 1.807) is 69.5 Å². The monoisotopic (exact) mass is 518 g/mol. The minimum absolute atomic E-state index is 0.0455. The average molecular weight is 519 g/mol. The summed E-state index contributed by atoms with van der Waals surface area (Å²) in [6, 6.07) is 20.0. The van der Waals surface area contributed by atoms with Gasteiger partial charge in [-0.15, -0.1) is 0 Å². The Kier molecular flexibility index (Phi) is 9.59. The molecule has 3 aromatic rings. The topological polar surface area (TPSA) is 122 Å².